The lowest BCUT2D eigenvalue weighted by molar-refractivity contribution is 1.22. The Morgan fingerprint density at radius 3 is 2.33 bits per heavy atom. The number of allylic oxidation sites excluding steroid dienone is 1. The Morgan fingerprint density at radius 1 is 1.00 bits per heavy atom. The molecule has 0 aliphatic carbocycles. The molecule has 4 rings (SSSR count). The lowest BCUT2D eigenvalue weighted by atomic mass is 9.92. The summed E-state index contributed by atoms with van der Waals surface area (Å²) in [5.74, 6) is 0.654. The number of hydrogen-bond acceptors (Lipinski definition) is 6. The lowest BCUT2D eigenvalue weighted by Gasteiger charge is -2.16. The van der Waals surface area contributed by atoms with Crippen molar-refractivity contribution in [1.82, 2.24) is 9.97 Å². The molecule has 0 unspecified atom stereocenters. The topological polar surface area (TPSA) is 111 Å². The van der Waals surface area contributed by atoms with E-state index in [0.29, 0.717) is 33.3 Å². The summed E-state index contributed by atoms with van der Waals surface area (Å²) in [6.07, 6.45) is 3.23. The van der Waals surface area contributed by atoms with Gasteiger partial charge in [-0.15, -0.1) is 0 Å². The zero-order chi connectivity index (χ0) is 23.5. The fourth-order valence-corrected chi connectivity index (χ4v) is 4.09. The van der Waals surface area contributed by atoms with Crippen LogP contribution in [0.5, 0.6) is 0 Å². The number of nitriles is 2. The Morgan fingerprint density at radius 2 is 1.70 bits per heavy atom. The van der Waals surface area contributed by atoms with Crippen molar-refractivity contribution in [1.29, 1.82) is 10.5 Å². The van der Waals surface area contributed by atoms with Gasteiger partial charge in [0.2, 0.25) is 5.95 Å². The van der Waals surface area contributed by atoms with E-state index in [1.807, 2.05) is 38.1 Å². The Balaban J connectivity index is 1.88. The molecule has 160 valence electrons. The first-order valence-corrected chi connectivity index (χ1v) is 10.5. The molecule has 0 atom stereocenters. The van der Waals surface area contributed by atoms with Gasteiger partial charge in [-0.05, 0) is 78.6 Å². The van der Waals surface area contributed by atoms with Crippen LogP contribution in [0.25, 0.3) is 28.1 Å². The molecular formula is C26H19ClN6. The van der Waals surface area contributed by atoms with Crippen molar-refractivity contribution in [2.24, 2.45) is 0 Å². The molecule has 0 spiro atoms. The first-order valence-electron chi connectivity index (χ1n) is 10.1. The summed E-state index contributed by atoms with van der Waals surface area (Å²) in [4.78, 5) is 9.16. The average Bonchev–Trinajstić information content (AvgIpc) is 2.78. The third-order valence-corrected chi connectivity index (χ3v) is 5.46. The molecule has 3 N–H and O–H groups in total. The SMILES string of the molecule is Cc1cc(C=CC#N)cc(C)c1-c1cc(Cl)cc2c(N)nc(Nc3ccc(C#N)cc3)nc12. The number of aryl methyl sites for hydroxylation is 2. The Labute approximate surface area is 196 Å². The third kappa shape index (κ3) is 4.48. The zero-order valence-electron chi connectivity index (χ0n) is 18.0. The number of nitrogens with one attached hydrogen (secondary N) is 1. The first kappa shape index (κ1) is 21.8. The highest BCUT2D eigenvalue weighted by molar-refractivity contribution is 6.32. The van der Waals surface area contributed by atoms with Gasteiger partial charge in [0.1, 0.15) is 5.82 Å². The van der Waals surface area contributed by atoms with Crippen LogP contribution in [0.3, 0.4) is 0 Å². The fourth-order valence-electron chi connectivity index (χ4n) is 3.88. The molecule has 0 amide bonds. The summed E-state index contributed by atoms with van der Waals surface area (Å²) >= 11 is 6.45. The summed E-state index contributed by atoms with van der Waals surface area (Å²) < 4.78 is 0. The van der Waals surface area contributed by atoms with Crippen LogP contribution in [0.1, 0.15) is 22.3 Å². The maximum Gasteiger partial charge on any atom is 0.229 e. The molecule has 1 aromatic heterocycles. The molecule has 4 aromatic rings. The van der Waals surface area contributed by atoms with E-state index in [2.05, 4.69) is 16.4 Å². The minimum absolute atomic E-state index is 0.309. The second-order valence-electron chi connectivity index (χ2n) is 7.59. The van der Waals surface area contributed by atoms with Crippen molar-refractivity contribution in [2.75, 3.05) is 11.1 Å². The van der Waals surface area contributed by atoms with Crippen LogP contribution < -0.4 is 11.1 Å². The zero-order valence-corrected chi connectivity index (χ0v) is 18.8. The predicted molar refractivity (Wildman–Crippen MR) is 133 cm³/mol. The van der Waals surface area contributed by atoms with Gasteiger partial charge >= 0.3 is 0 Å². The molecule has 33 heavy (non-hydrogen) atoms. The summed E-state index contributed by atoms with van der Waals surface area (Å²) in [5, 5.41) is 22.2. The van der Waals surface area contributed by atoms with Crippen LogP contribution in [0, 0.1) is 36.5 Å². The van der Waals surface area contributed by atoms with E-state index >= 15 is 0 Å². The highest BCUT2D eigenvalue weighted by Crippen LogP contribution is 2.37. The molecule has 6 nitrogen and oxygen atoms in total. The summed E-state index contributed by atoms with van der Waals surface area (Å²) in [7, 11) is 0. The Bertz CT molecular complexity index is 1470. The van der Waals surface area contributed by atoms with Crippen LogP contribution in [0.4, 0.5) is 17.5 Å². The molecule has 0 fully saturated rings. The molecule has 1 heterocycles. The van der Waals surface area contributed by atoms with Gasteiger partial charge in [0.15, 0.2) is 0 Å². The first-order chi connectivity index (χ1) is 15.9. The van der Waals surface area contributed by atoms with Crippen LogP contribution in [-0.4, -0.2) is 9.97 Å². The van der Waals surface area contributed by atoms with E-state index < -0.39 is 0 Å². The Kier molecular flexibility index (Phi) is 5.95. The van der Waals surface area contributed by atoms with E-state index in [1.54, 1.807) is 36.4 Å². The highest BCUT2D eigenvalue weighted by atomic mass is 35.5. The van der Waals surface area contributed by atoms with Crippen molar-refractivity contribution >= 4 is 46.0 Å². The number of fused-ring (bicyclic) bond motifs is 1. The minimum Gasteiger partial charge on any atom is -0.383 e. The number of halogens is 1. The number of benzene rings is 3. The van der Waals surface area contributed by atoms with E-state index in [9.17, 15) is 0 Å². The monoisotopic (exact) mass is 450 g/mol. The molecule has 0 aliphatic rings. The van der Waals surface area contributed by atoms with E-state index in [1.165, 1.54) is 6.08 Å². The maximum atomic E-state index is 9.00. The van der Waals surface area contributed by atoms with Gasteiger partial charge in [0.25, 0.3) is 0 Å². The molecule has 0 aliphatic heterocycles. The van der Waals surface area contributed by atoms with E-state index in [4.69, 9.17) is 32.8 Å². The summed E-state index contributed by atoms with van der Waals surface area (Å²) in [6.45, 7) is 4.03. The number of rotatable bonds is 4. The van der Waals surface area contributed by atoms with Crippen LogP contribution in [0.15, 0.2) is 54.6 Å². The molecule has 0 saturated carbocycles. The molecule has 0 radical (unpaired) electrons. The largest absolute Gasteiger partial charge is 0.383 e. The van der Waals surface area contributed by atoms with Gasteiger partial charge in [-0.3, -0.25) is 0 Å². The van der Waals surface area contributed by atoms with Gasteiger partial charge in [-0.25, -0.2) is 4.98 Å². The normalized spacial score (nSPS) is 10.8. The van der Waals surface area contributed by atoms with Gasteiger partial charge in [0.05, 0.1) is 23.2 Å². The smallest absolute Gasteiger partial charge is 0.229 e. The molecule has 0 saturated heterocycles. The van der Waals surface area contributed by atoms with Gasteiger partial charge in [-0.1, -0.05) is 23.7 Å². The number of anilines is 3. The van der Waals surface area contributed by atoms with Crippen LogP contribution in [0.2, 0.25) is 5.02 Å². The molecule has 0 bridgehead atoms. The van der Waals surface area contributed by atoms with Crippen LogP contribution in [-0.2, 0) is 0 Å². The van der Waals surface area contributed by atoms with Gasteiger partial charge < -0.3 is 11.1 Å². The highest BCUT2D eigenvalue weighted by Gasteiger charge is 2.16. The molecular weight excluding hydrogens is 432 g/mol. The summed E-state index contributed by atoms with van der Waals surface area (Å²) in [5.41, 5.74) is 13.1. The van der Waals surface area contributed by atoms with Crippen LogP contribution >= 0.6 is 11.6 Å². The summed E-state index contributed by atoms with van der Waals surface area (Å²) in [6, 6.07) is 18.8. The van der Waals surface area contributed by atoms with Crippen molar-refractivity contribution in [3.05, 3.63) is 81.9 Å². The van der Waals surface area contributed by atoms with Gasteiger partial charge in [0, 0.05) is 27.7 Å². The van der Waals surface area contributed by atoms with E-state index in [-0.39, 0.29) is 0 Å². The number of aromatic nitrogens is 2. The maximum absolute atomic E-state index is 9.00. The van der Waals surface area contributed by atoms with E-state index in [0.717, 1.165) is 33.5 Å². The lowest BCUT2D eigenvalue weighted by Crippen LogP contribution is -2.03. The van der Waals surface area contributed by atoms with Crippen molar-refractivity contribution < 1.29 is 0 Å². The Hall–Kier alpha value is -4.39. The number of nitrogens with zero attached hydrogens (tertiary/aromatic N) is 4. The van der Waals surface area contributed by atoms with Crippen molar-refractivity contribution in [2.45, 2.75) is 13.8 Å². The number of nitrogen functional groups attached to an aromatic ring is 1. The minimum atomic E-state index is 0.309. The quantitative estimate of drug-likeness (QED) is 0.353. The molecule has 3 aromatic carbocycles. The number of nitrogens with two attached hydrogens (primary N) is 1. The van der Waals surface area contributed by atoms with Gasteiger partial charge in [-0.2, -0.15) is 15.5 Å². The molecule has 7 heteroatoms. The second-order valence-corrected chi connectivity index (χ2v) is 8.02. The predicted octanol–water partition coefficient (Wildman–Crippen LogP) is 6.30. The third-order valence-electron chi connectivity index (χ3n) is 5.24. The van der Waals surface area contributed by atoms with Crippen molar-refractivity contribution in [3.8, 4) is 23.3 Å². The fraction of sp³-hybridized carbons (Fsp3) is 0.0769. The van der Waals surface area contributed by atoms with Crippen molar-refractivity contribution in [3.63, 3.8) is 0 Å². The average molecular weight is 451 g/mol. The standard InChI is InChI=1S/C26H19ClN6/c1-15-10-18(4-3-9-28)11-16(2)23(15)21-12-19(27)13-22-24(21)32-26(33-25(22)30)31-20-7-5-17(14-29)6-8-20/h3-8,10-13H,1-2H3,(H3,30,31,32,33). The second kappa shape index (κ2) is 9.00. The number of hydrogen-bond donors (Lipinski definition) is 2.